The minimum atomic E-state index is -0.317. The van der Waals surface area contributed by atoms with Gasteiger partial charge in [0.1, 0.15) is 11.6 Å². The van der Waals surface area contributed by atoms with Crippen molar-refractivity contribution in [3.05, 3.63) is 47.9 Å². The molecule has 0 spiro atoms. The normalized spacial score (nSPS) is 10.4. The number of aromatic nitrogens is 1. The zero-order valence-corrected chi connectivity index (χ0v) is 9.21. The Balaban J connectivity index is 2.59. The van der Waals surface area contributed by atoms with Gasteiger partial charge in [0.05, 0.1) is 0 Å². The summed E-state index contributed by atoms with van der Waals surface area (Å²) in [4.78, 5) is 3.99. The molecule has 0 atom stereocenters. The summed E-state index contributed by atoms with van der Waals surface area (Å²) in [5.74, 6) is 0.316. The van der Waals surface area contributed by atoms with Gasteiger partial charge in [-0.2, -0.15) is 0 Å². The fraction of sp³-hybridized carbons (Fsp3) is 0.0833. The van der Waals surface area contributed by atoms with Crippen LogP contribution in [-0.4, -0.2) is 4.98 Å². The quantitative estimate of drug-likeness (QED) is 0.814. The summed E-state index contributed by atoms with van der Waals surface area (Å²) in [6, 6.07) is 8.20. The minimum Gasteiger partial charge on any atom is -0.383 e. The second kappa shape index (κ2) is 4.49. The van der Waals surface area contributed by atoms with Crippen LogP contribution in [0.25, 0.3) is 11.1 Å². The Morgan fingerprint density at radius 1 is 1.25 bits per heavy atom. The van der Waals surface area contributed by atoms with E-state index < -0.39 is 0 Å². The molecule has 0 saturated heterocycles. The number of alkyl halides is 1. The molecule has 0 aliphatic heterocycles. The van der Waals surface area contributed by atoms with Gasteiger partial charge in [-0.3, -0.25) is 0 Å². The van der Waals surface area contributed by atoms with E-state index in [1.807, 2.05) is 0 Å². The molecule has 2 aromatic rings. The third-order valence-electron chi connectivity index (χ3n) is 2.29. The number of nitrogens with zero attached hydrogens (tertiary/aromatic N) is 1. The maximum absolute atomic E-state index is 13.6. The van der Waals surface area contributed by atoms with Gasteiger partial charge in [-0.25, -0.2) is 9.37 Å². The molecule has 0 fully saturated rings. The van der Waals surface area contributed by atoms with Crippen LogP contribution in [0.15, 0.2) is 36.5 Å². The van der Waals surface area contributed by atoms with Crippen LogP contribution in [0.5, 0.6) is 0 Å². The fourth-order valence-corrected chi connectivity index (χ4v) is 1.63. The Morgan fingerprint density at radius 2 is 2.00 bits per heavy atom. The molecule has 16 heavy (non-hydrogen) atoms. The van der Waals surface area contributed by atoms with Gasteiger partial charge in [0, 0.05) is 23.2 Å². The van der Waals surface area contributed by atoms with Gasteiger partial charge in [0.2, 0.25) is 0 Å². The molecule has 0 unspecified atom stereocenters. The molecule has 0 saturated carbocycles. The molecule has 2 nitrogen and oxygen atoms in total. The van der Waals surface area contributed by atoms with Crippen LogP contribution in [0, 0.1) is 5.82 Å². The van der Waals surface area contributed by atoms with Gasteiger partial charge >= 0.3 is 0 Å². The largest absolute Gasteiger partial charge is 0.383 e. The van der Waals surface area contributed by atoms with Crippen molar-refractivity contribution in [2.24, 2.45) is 0 Å². The third-order valence-corrected chi connectivity index (χ3v) is 2.60. The molecule has 4 heteroatoms. The molecule has 0 bridgehead atoms. The molecule has 1 aromatic carbocycles. The zero-order chi connectivity index (χ0) is 11.5. The smallest absolute Gasteiger partial charge is 0.131 e. The van der Waals surface area contributed by atoms with Gasteiger partial charge in [0.15, 0.2) is 0 Å². The van der Waals surface area contributed by atoms with E-state index in [1.54, 1.807) is 30.5 Å². The molecular weight excluding hydrogens is 227 g/mol. The highest BCUT2D eigenvalue weighted by atomic mass is 35.5. The van der Waals surface area contributed by atoms with Gasteiger partial charge < -0.3 is 5.73 Å². The van der Waals surface area contributed by atoms with Crippen molar-refractivity contribution in [1.82, 2.24) is 4.98 Å². The van der Waals surface area contributed by atoms with E-state index in [4.69, 9.17) is 17.3 Å². The molecule has 1 aromatic heterocycles. The van der Waals surface area contributed by atoms with Crippen LogP contribution >= 0.6 is 11.6 Å². The lowest BCUT2D eigenvalue weighted by molar-refractivity contribution is 0.631. The van der Waals surface area contributed by atoms with E-state index in [1.165, 1.54) is 6.07 Å². The van der Waals surface area contributed by atoms with Crippen molar-refractivity contribution in [2.45, 2.75) is 5.88 Å². The molecule has 0 radical (unpaired) electrons. The first-order valence-electron chi connectivity index (χ1n) is 4.77. The maximum Gasteiger partial charge on any atom is 0.131 e. The first kappa shape index (κ1) is 10.9. The topological polar surface area (TPSA) is 38.9 Å². The van der Waals surface area contributed by atoms with E-state index in [9.17, 15) is 4.39 Å². The number of nitrogen functional groups attached to an aromatic ring is 1. The van der Waals surface area contributed by atoms with Gasteiger partial charge in [0.25, 0.3) is 0 Å². The molecule has 0 aliphatic carbocycles. The number of hydrogen-bond acceptors (Lipinski definition) is 2. The molecule has 0 aliphatic rings. The summed E-state index contributed by atoms with van der Waals surface area (Å²) in [6.07, 6.45) is 1.59. The summed E-state index contributed by atoms with van der Waals surface area (Å²) in [5, 5.41) is 0. The predicted molar refractivity (Wildman–Crippen MR) is 63.6 cm³/mol. The molecule has 2 rings (SSSR count). The van der Waals surface area contributed by atoms with Crippen molar-refractivity contribution in [2.75, 3.05) is 5.73 Å². The number of rotatable bonds is 2. The van der Waals surface area contributed by atoms with E-state index in [2.05, 4.69) is 4.98 Å². The Bertz CT molecular complexity index is 514. The molecule has 1 heterocycles. The van der Waals surface area contributed by atoms with Crippen LogP contribution in [0.3, 0.4) is 0 Å². The average Bonchev–Trinajstić information content (AvgIpc) is 2.31. The highest BCUT2D eigenvalue weighted by Gasteiger charge is 2.09. The van der Waals surface area contributed by atoms with E-state index in [0.29, 0.717) is 22.8 Å². The third kappa shape index (κ3) is 1.99. The Morgan fingerprint density at radius 3 is 2.69 bits per heavy atom. The lowest BCUT2D eigenvalue weighted by Crippen LogP contribution is -1.97. The average molecular weight is 237 g/mol. The summed E-state index contributed by atoms with van der Waals surface area (Å²) in [5.41, 5.74) is 7.56. The first-order valence-corrected chi connectivity index (χ1v) is 5.31. The second-order valence-electron chi connectivity index (χ2n) is 3.39. The number of hydrogen-bond donors (Lipinski definition) is 1. The number of halogens is 2. The van der Waals surface area contributed by atoms with Crippen molar-refractivity contribution in [3.8, 4) is 11.1 Å². The highest BCUT2D eigenvalue weighted by molar-refractivity contribution is 6.17. The van der Waals surface area contributed by atoms with Crippen molar-refractivity contribution in [3.63, 3.8) is 0 Å². The van der Waals surface area contributed by atoms with Crippen LogP contribution in [-0.2, 0) is 5.88 Å². The monoisotopic (exact) mass is 236 g/mol. The molecule has 82 valence electrons. The zero-order valence-electron chi connectivity index (χ0n) is 8.45. The Hall–Kier alpha value is -1.61. The van der Waals surface area contributed by atoms with Crippen LogP contribution < -0.4 is 5.73 Å². The number of benzene rings is 1. The van der Waals surface area contributed by atoms with Crippen LogP contribution in [0.2, 0.25) is 0 Å². The van der Waals surface area contributed by atoms with E-state index >= 15 is 0 Å². The lowest BCUT2D eigenvalue weighted by Gasteiger charge is -2.07. The van der Waals surface area contributed by atoms with Crippen molar-refractivity contribution < 1.29 is 4.39 Å². The molecule has 0 amide bonds. The lowest BCUT2D eigenvalue weighted by atomic mass is 10.0. The van der Waals surface area contributed by atoms with Crippen LogP contribution in [0.1, 0.15) is 5.56 Å². The first-order chi connectivity index (χ1) is 7.72. The highest BCUT2D eigenvalue weighted by Crippen LogP contribution is 2.27. The number of anilines is 1. The maximum atomic E-state index is 13.6. The minimum absolute atomic E-state index is 0.305. The van der Waals surface area contributed by atoms with Gasteiger partial charge in [-0.15, -0.1) is 11.6 Å². The summed E-state index contributed by atoms with van der Waals surface area (Å²) < 4.78 is 13.6. The molecular formula is C12H10ClFN2. The predicted octanol–water partition coefficient (Wildman–Crippen LogP) is 3.21. The number of nitrogens with two attached hydrogens (primary N) is 1. The van der Waals surface area contributed by atoms with E-state index in [-0.39, 0.29) is 5.82 Å². The van der Waals surface area contributed by atoms with Crippen LogP contribution in [0.4, 0.5) is 10.2 Å². The number of pyridine rings is 1. The summed E-state index contributed by atoms with van der Waals surface area (Å²) in [7, 11) is 0. The molecule has 2 N–H and O–H groups in total. The Kier molecular flexibility index (Phi) is 3.06. The summed E-state index contributed by atoms with van der Waals surface area (Å²) in [6.45, 7) is 0. The van der Waals surface area contributed by atoms with Gasteiger partial charge in [-0.05, 0) is 17.7 Å². The van der Waals surface area contributed by atoms with Crippen molar-refractivity contribution in [1.29, 1.82) is 0 Å². The Labute approximate surface area is 97.9 Å². The second-order valence-corrected chi connectivity index (χ2v) is 3.66. The van der Waals surface area contributed by atoms with Gasteiger partial charge in [-0.1, -0.05) is 18.2 Å². The van der Waals surface area contributed by atoms with Crippen molar-refractivity contribution >= 4 is 17.4 Å². The SMILES string of the molecule is Nc1ncc(CCl)cc1-c1ccccc1F. The summed E-state index contributed by atoms with van der Waals surface area (Å²) >= 11 is 5.70. The standard InChI is InChI=1S/C12H10ClFN2/c13-6-8-5-10(12(15)16-7-8)9-3-1-2-4-11(9)14/h1-5,7H,6H2,(H2,15,16). The van der Waals surface area contributed by atoms with E-state index in [0.717, 1.165) is 5.56 Å². The fourth-order valence-electron chi connectivity index (χ4n) is 1.49.